The minimum absolute atomic E-state index is 0.191. The molecule has 1 aromatic rings. The van der Waals surface area contributed by atoms with E-state index >= 15 is 0 Å². The van der Waals surface area contributed by atoms with E-state index in [-0.39, 0.29) is 6.04 Å². The summed E-state index contributed by atoms with van der Waals surface area (Å²) in [5.74, 6) is -0.822. The standard InChI is InChI=1S/C14H21NO2/c1-5-11(4)15-13(14(16)17)12-7-6-9(2)8-10(12)3/h6-8,11,13,15H,5H2,1-4H3,(H,16,17). The molecule has 0 amide bonds. The van der Waals surface area contributed by atoms with Crippen molar-refractivity contribution in [1.82, 2.24) is 5.32 Å². The first-order valence-corrected chi connectivity index (χ1v) is 6.01. The monoisotopic (exact) mass is 235 g/mol. The summed E-state index contributed by atoms with van der Waals surface area (Å²) in [7, 11) is 0. The Morgan fingerprint density at radius 1 is 1.41 bits per heavy atom. The van der Waals surface area contributed by atoms with Crippen LogP contribution in [0.1, 0.15) is 43.0 Å². The highest BCUT2D eigenvalue weighted by molar-refractivity contribution is 5.76. The Bertz CT molecular complexity index is 401. The van der Waals surface area contributed by atoms with E-state index in [0.717, 1.165) is 23.1 Å². The van der Waals surface area contributed by atoms with Crippen LogP contribution in [-0.2, 0) is 4.79 Å². The van der Waals surface area contributed by atoms with E-state index in [1.165, 1.54) is 0 Å². The smallest absolute Gasteiger partial charge is 0.325 e. The van der Waals surface area contributed by atoms with E-state index < -0.39 is 12.0 Å². The second-order valence-corrected chi connectivity index (χ2v) is 4.61. The highest BCUT2D eigenvalue weighted by Gasteiger charge is 2.22. The molecule has 94 valence electrons. The fourth-order valence-electron chi connectivity index (χ4n) is 1.85. The number of nitrogens with one attached hydrogen (secondary N) is 1. The van der Waals surface area contributed by atoms with E-state index in [4.69, 9.17) is 0 Å². The van der Waals surface area contributed by atoms with Gasteiger partial charge in [0.25, 0.3) is 0 Å². The van der Waals surface area contributed by atoms with E-state index in [1.54, 1.807) is 0 Å². The summed E-state index contributed by atoms with van der Waals surface area (Å²) < 4.78 is 0. The van der Waals surface area contributed by atoms with E-state index in [9.17, 15) is 9.90 Å². The SMILES string of the molecule is CCC(C)NC(C(=O)O)c1ccc(C)cc1C. The van der Waals surface area contributed by atoms with Gasteiger partial charge < -0.3 is 5.11 Å². The van der Waals surface area contributed by atoms with Gasteiger partial charge in [-0.25, -0.2) is 0 Å². The van der Waals surface area contributed by atoms with E-state index in [1.807, 2.05) is 45.9 Å². The summed E-state index contributed by atoms with van der Waals surface area (Å²) in [6.45, 7) is 8.00. The zero-order valence-electron chi connectivity index (χ0n) is 10.9. The van der Waals surface area contributed by atoms with Gasteiger partial charge in [-0.15, -0.1) is 0 Å². The van der Waals surface area contributed by atoms with Crippen molar-refractivity contribution in [3.8, 4) is 0 Å². The molecule has 0 saturated carbocycles. The molecule has 0 aliphatic rings. The average molecular weight is 235 g/mol. The van der Waals surface area contributed by atoms with Gasteiger partial charge in [-0.3, -0.25) is 10.1 Å². The van der Waals surface area contributed by atoms with Crippen molar-refractivity contribution >= 4 is 5.97 Å². The fourth-order valence-corrected chi connectivity index (χ4v) is 1.85. The van der Waals surface area contributed by atoms with Gasteiger partial charge in [0, 0.05) is 6.04 Å². The first kappa shape index (κ1) is 13.7. The van der Waals surface area contributed by atoms with Crippen molar-refractivity contribution in [1.29, 1.82) is 0 Å². The van der Waals surface area contributed by atoms with Gasteiger partial charge in [0.1, 0.15) is 6.04 Å². The number of rotatable bonds is 5. The normalized spacial score (nSPS) is 14.4. The maximum absolute atomic E-state index is 11.3. The van der Waals surface area contributed by atoms with Crippen molar-refractivity contribution in [3.05, 3.63) is 34.9 Å². The lowest BCUT2D eigenvalue weighted by atomic mass is 9.98. The fraction of sp³-hybridized carbons (Fsp3) is 0.500. The van der Waals surface area contributed by atoms with Crippen LogP contribution in [0.2, 0.25) is 0 Å². The zero-order chi connectivity index (χ0) is 13.0. The predicted octanol–water partition coefficient (Wildman–Crippen LogP) is 2.82. The molecule has 0 fully saturated rings. The molecule has 1 rings (SSSR count). The molecule has 0 bridgehead atoms. The van der Waals surface area contributed by atoms with Crippen molar-refractivity contribution < 1.29 is 9.90 Å². The molecule has 3 heteroatoms. The lowest BCUT2D eigenvalue weighted by Gasteiger charge is -2.21. The molecule has 3 nitrogen and oxygen atoms in total. The molecule has 0 radical (unpaired) electrons. The van der Waals surface area contributed by atoms with Crippen LogP contribution in [0, 0.1) is 13.8 Å². The van der Waals surface area contributed by atoms with Crippen molar-refractivity contribution in [2.24, 2.45) is 0 Å². The third-order valence-corrected chi connectivity index (χ3v) is 3.05. The lowest BCUT2D eigenvalue weighted by molar-refractivity contribution is -0.139. The second kappa shape index (κ2) is 5.82. The first-order chi connectivity index (χ1) is 7.95. The predicted molar refractivity (Wildman–Crippen MR) is 69.2 cm³/mol. The molecule has 2 N–H and O–H groups in total. The van der Waals surface area contributed by atoms with Gasteiger partial charge in [0.2, 0.25) is 0 Å². The van der Waals surface area contributed by atoms with Gasteiger partial charge >= 0.3 is 5.97 Å². The highest BCUT2D eigenvalue weighted by atomic mass is 16.4. The number of carboxylic acids is 1. The second-order valence-electron chi connectivity index (χ2n) is 4.61. The molecule has 0 aliphatic heterocycles. The van der Waals surface area contributed by atoms with Gasteiger partial charge in [0.05, 0.1) is 0 Å². The quantitative estimate of drug-likeness (QED) is 0.825. The number of hydrogen-bond acceptors (Lipinski definition) is 2. The van der Waals surface area contributed by atoms with E-state index in [2.05, 4.69) is 5.32 Å². The summed E-state index contributed by atoms with van der Waals surface area (Å²) in [6.07, 6.45) is 0.911. The molecular weight excluding hydrogens is 214 g/mol. The minimum Gasteiger partial charge on any atom is -0.480 e. The molecule has 0 saturated heterocycles. The summed E-state index contributed by atoms with van der Waals surface area (Å²) >= 11 is 0. The van der Waals surface area contributed by atoms with Crippen LogP contribution in [0.15, 0.2) is 18.2 Å². The van der Waals surface area contributed by atoms with Crippen LogP contribution in [0.5, 0.6) is 0 Å². The van der Waals surface area contributed by atoms with Crippen molar-refractivity contribution in [2.75, 3.05) is 0 Å². The zero-order valence-corrected chi connectivity index (χ0v) is 10.9. The van der Waals surface area contributed by atoms with Crippen LogP contribution < -0.4 is 5.32 Å². The molecular formula is C14H21NO2. The maximum Gasteiger partial charge on any atom is 0.325 e. The Labute approximate surface area is 103 Å². The van der Waals surface area contributed by atoms with Crippen LogP contribution in [-0.4, -0.2) is 17.1 Å². The van der Waals surface area contributed by atoms with Gasteiger partial charge in [-0.2, -0.15) is 0 Å². The number of aryl methyl sites for hydroxylation is 2. The van der Waals surface area contributed by atoms with Crippen LogP contribution in [0.3, 0.4) is 0 Å². The lowest BCUT2D eigenvalue weighted by Crippen LogP contribution is -2.35. The summed E-state index contributed by atoms with van der Waals surface area (Å²) in [6, 6.07) is 5.45. The molecule has 17 heavy (non-hydrogen) atoms. The van der Waals surface area contributed by atoms with Crippen LogP contribution in [0.4, 0.5) is 0 Å². The number of hydrogen-bond donors (Lipinski definition) is 2. The average Bonchev–Trinajstić information content (AvgIpc) is 2.26. The van der Waals surface area contributed by atoms with Crippen LogP contribution >= 0.6 is 0 Å². The summed E-state index contributed by atoms with van der Waals surface area (Å²) in [5.41, 5.74) is 3.02. The Balaban J connectivity index is 3.01. The Kier molecular flexibility index (Phi) is 4.70. The number of carbonyl (C=O) groups is 1. The van der Waals surface area contributed by atoms with Crippen LogP contribution in [0.25, 0.3) is 0 Å². The molecule has 0 spiro atoms. The third-order valence-electron chi connectivity index (χ3n) is 3.05. The molecule has 2 atom stereocenters. The topological polar surface area (TPSA) is 49.3 Å². The number of aliphatic carboxylic acids is 1. The maximum atomic E-state index is 11.3. The minimum atomic E-state index is -0.822. The van der Waals surface area contributed by atoms with Gasteiger partial charge in [-0.1, -0.05) is 30.7 Å². The van der Waals surface area contributed by atoms with Crippen molar-refractivity contribution in [2.45, 2.75) is 46.2 Å². The number of carboxylic acid groups (broad SMARTS) is 1. The number of benzene rings is 1. The van der Waals surface area contributed by atoms with Crippen molar-refractivity contribution in [3.63, 3.8) is 0 Å². The molecule has 0 aromatic heterocycles. The Morgan fingerprint density at radius 2 is 2.06 bits per heavy atom. The Morgan fingerprint density at radius 3 is 2.53 bits per heavy atom. The van der Waals surface area contributed by atoms with Gasteiger partial charge in [-0.05, 0) is 38.3 Å². The molecule has 0 aliphatic carbocycles. The third kappa shape index (κ3) is 3.56. The Hall–Kier alpha value is -1.35. The highest BCUT2D eigenvalue weighted by Crippen LogP contribution is 2.20. The largest absolute Gasteiger partial charge is 0.480 e. The molecule has 0 heterocycles. The first-order valence-electron chi connectivity index (χ1n) is 6.01. The van der Waals surface area contributed by atoms with E-state index in [0.29, 0.717) is 0 Å². The summed E-state index contributed by atoms with van der Waals surface area (Å²) in [5, 5.41) is 12.4. The molecule has 1 aromatic carbocycles. The summed E-state index contributed by atoms with van der Waals surface area (Å²) in [4.78, 5) is 11.3. The van der Waals surface area contributed by atoms with Gasteiger partial charge in [0.15, 0.2) is 0 Å². The molecule has 2 unspecified atom stereocenters.